The molecule has 0 bridgehead atoms. The van der Waals surface area contributed by atoms with Crippen LogP contribution in [0.2, 0.25) is 0 Å². The summed E-state index contributed by atoms with van der Waals surface area (Å²) in [6, 6.07) is 2.12. The van der Waals surface area contributed by atoms with Gasteiger partial charge in [-0.25, -0.2) is 14.7 Å². The molecule has 8 nitrogen and oxygen atoms in total. The predicted molar refractivity (Wildman–Crippen MR) is 92.0 cm³/mol. The van der Waals surface area contributed by atoms with Gasteiger partial charge < -0.3 is 15.2 Å². The summed E-state index contributed by atoms with van der Waals surface area (Å²) in [4.78, 5) is 8.76. The Morgan fingerprint density at radius 2 is 2.45 bits per heavy atom. The molecule has 0 saturated heterocycles. The average molecular weight is 417 g/mol. The highest BCUT2D eigenvalue weighted by molar-refractivity contribution is 14.0. The van der Waals surface area contributed by atoms with E-state index >= 15 is 0 Å². The summed E-state index contributed by atoms with van der Waals surface area (Å²) in [5.74, 6) is 1.84. The molecule has 2 aromatic rings. The highest BCUT2D eigenvalue weighted by Gasteiger charge is 2.20. The van der Waals surface area contributed by atoms with E-state index in [0.717, 1.165) is 43.4 Å². The number of aromatic nitrogens is 4. The van der Waals surface area contributed by atoms with Gasteiger partial charge in [0.05, 0.1) is 13.1 Å². The van der Waals surface area contributed by atoms with Crippen molar-refractivity contribution >= 4 is 29.9 Å². The Morgan fingerprint density at radius 3 is 3.23 bits per heavy atom. The smallest absolute Gasteiger partial charge is 0.191 e. The largest absolute Gasteiger partial charge is 0.364 e. The predicted octanol–water partition coefficient (Wildman–Crippen LogP) is 0.954. The molecule has 0 amide bonds. The van der Waals surface area contributed by atoms with Gasteiger partial charge in [0, 0.05) is 25.1 Å². The normalized spacial score (nSPS) is 17.5. The van der Waals surface area contributed by atoms with E-state index in [0.29, 0.717) is 12.6 Å². The Morgan fingerprint density at radius 1 is 1.55 bits per heavy atom. The fourth-order valence-corrected chi connectivity index (χ4v) is 2.35. The van der Waals surface area contributed by atoms with E-state index < -0.39 is 0 Å². The van der Waals surface area contributed by atoms with Gasteiger partial charge in [-0.15, -0.1) is 24.0 Å². The molecule has 0 aliphatic carbocycles. The van der Waals surface area contributed by atoms with Gasteiger partial charge in [0.25, 0.3) is 0 Å². The summed E-state index contributed by atoms with van der Waals surface area (Å²) in [6.07, 6.45) is 5.12. The molecule has 3 heterocycles. The third kappa shape index (κ3) is 4.18. The molecular formula is C13H20IN7O. The Hall–Kier alpha value is -1.65. The van der Waals surface area contributed by atoms with E-state index in [1.54, 1.807) is 12.6 Å². The maximum Gasteiger partial charge on any atom is 0.191 e. The molecule has 9 heteroatoms. The van der Waals surface area contributed by atoms with Gasteiger partial charge in [-0.1, -0.05) is 5.16 Å². The first-order valence-corrected chi connectivity index (χ1v) is 7.16. The van der Waals surface area contributed by atoms with Gasteiger partial charge in [-0.3, -0.25) is 0 Å². The summed E-state index contributed by atoms with van der Waals surface area (Å²) >= 11 is 0. The van der Waals surface area contributed by atoms with Crippen LogP contribution in [0.25, 0.3) is 0 Å². The Bertz CT molecular complexity index is 595. The number of aryl methyl sites for hydroxylation is 1. The molecule has 0 fully saturated rings. The summed E-state index contributed by atoms with van der Waals surface area (Å²) in [6.45, 7) is 4.16. The lowest BCUT2D eigenvalue weighted by molar-refractivity contribution is 0.392. The first kappa shape index (κ1) is 16.7. The molecular weight excluding hydrogens is 397 g/mol. The van der Waals surface area contributed by atoms with Gasteiger partial charge >= 0.3 is 0 Å². The third-order valence-corrected chi connectivity index (χ3v) is 3.38. The van der Waals surface area contributed by atoms with Crippen molar-refractivity contribution in [3.05, 3.63) is 30.2 Å². The standard InChI is InChI=1S/C13H19N7O.HI/c1-2-14-13(15-7-10-5-6-21-19-10)18-11-3-4-12-16-9-17-20(12)8-11;/h5-6,9,11H,2-4,7-8H2,1H3,(H2,14,15,18);1H. The Labute approximate surface area is 145 Å². The van der Waals surface area contributed by atoms with E-state index in [1.165, 1.54) is 0 Å². The molecule has 1 aliphatic rings. The zero-order valence-electron chi connectivity index (χ0n) is 12.4. The monoisotopic (exact) mass is 417 g/mol. The molecule has 22 heavy (non-hydrogen) atoms. The van der Waals surface area contributed by atoms with E-state index in [4.69, 9.17) is 4.52 Å². The van der Waals surface area contributed by atoms with Crippen LogP contribution in [-0.2, 0) is 19.5 Å². The number of fused-ring (bicyclic) bond motifs is 1. The second-order valence-electron chi connectivity index (χ2n) is 4.92. The lowest BCUT2D eigenvalue weighted by Crippen LogP contribution is -2.47. The van der Waals surface area contributed by atoms with Crippen LogP contribution in [0.4, 0.5) is 0 Å². The minimum atomic E-state index is 0. The zero-order valence-corrected chi connectivity index (χ0v) is 14.7. The Kier molecular flexibility index (Phi) is 6.16. The van der Waals surface area contributed by atoms with Crippen molar-refractivity contribution in [3.8, 4) is 0 Å². The quantitative estimate of drug-likeness (QED) is 0.437. The number of hydrogen-bond acceptors (Lipinski definition) is 5. The molecule has 2 aromatic heterocycles. The van der Waals surface area contributed by atoms with Crippen molar-refractivity contribution < 1.29 is 4.52 Å². The van der Waals surface area contributed by atoms with Crippen molar-refractivity contribution in [1.29, 1.82) is 0 Å². The highest BCUT2D eigenvalue weighted by Crippen LogP contribution is 2.11. The van der Waals surface area contributed by atoms with E-state index in [-0.39, 0.29) is 24.0 Å². The van der Waals surface area contributed by atoms with Crippen LogP contribution >= 0.6 is 24.0 Å². The van der Waals surface area contributed by atoms with Crippen LogP contribution in [0.5, 0.6) is 0 Å². The van der Waals surface area contributed by atoms with Gasteiger partial charge in [-0.2, -0.15) is 5.10 Å². The van der Waals surface area contributed by atoms with Crippen LogP contribution in [0, 0.1) is 0 Å². The second kappa shape index (κ2) is 8.11. The molecule has 0 radical (unpaired) electrons. The number of nitrogens with zero attached hydrogens (tertiary/aromatic N) is 5. The fourth-order valence-electron chi connectivity index (χ4n) is 2.35. The summed E-state index contributed by atoms with van der Waals surface area (Å²) in [7, 11) is 0. The van der Waals surface area contributed by atoms with Crippen molar-refractivity contribution in [2.75, 3.05) is 6.54 Å². The van der Waals surface area contributed by atoms with Gasteiger partial charge in [0.2, 0.25) is 0 Å². The van der Waals surface area contributed by atoms with Crippen molar-refractivity contribution in [2.45, 2.75) is 38.9 Å². The van der Waals surface area contributed by atoms with Crippen LogP contribution in [0.3, 0.4) is 0 Å². The van der Waals surface area contributed by atoms with Gasteiger partial charge in [0.15, 0.2) is 5.96 Å². The molecule has 2 N–H and O–H groups in total. The van der Waals surface area contributed by atoms with E-state index in [1.807, 2.05) is 17.7 Å². The number of hydrogen-bond donors (Lipinski definition) is 2. The lowest BCUT2D eigenvalue weighted by atomic mass is 10.1. The lowest BCUT2D eigenvalue weighted by Gasteiger charge is -2.25. The average Bonchev–Trinajstić information content (AvgIpc) is 3.16. The molecule has 3 rings (SSSR count). The molecule has 120 valence electrons. The summed E-state index contributed by atoms with van der Waals surface area (Å²) in [5.41, 5.74) is 0.814. The first-order valence-electron chi connectivity index (χ1n) is 7.16. The summed E-state index contributed by atoms with van der Waals surface area (Å²) in [5, 5.41) is 14.8. The Balaban J connectivity index is 0.00000176. The molecule has 1 atom stereocenters. The van der Waals surface area contributed by atoms with Crippen molar-refractivity contribution in [1.82, 2.24) is 30.6 Å². The van der Waals surface area contributed by atoms with Gasteiger partial charge in [-0.05, 0) is 13.3 Å². The fraction of sp³-hybridized carbons (Fsp3) is 0.538. The van der Waals surface area contributed by atoms with E-state index in [2.05, 4.69) is 30.9 Å². The maximum absolute atomic E-state index is 4.81. The number of aliphatic imine (C=N–C) groups is 1. The van der Waals surface area contributed by atoms with E-state index in [9.17, 15) is 0 Å². The topological polar surface area (TPSA) is 93.2 Å². The minimum absolute atomic E-state index is 0. The third-order valence-electron chi connectivity index (χ3n) is 3.38. The number of rotatable bonds is 4. The SMILES string of the molecule is CCNC(=NCc1ccon1)NC1CCc2ncnn2C1.I. The zero-order chi connectivity index (χ0) is 14.5. The molecule has 1 unspecified atom stereocenters. The first-order chi connectivity index (χ1) is 10.3. The molecule has 0 saturated carbocycles. The number of nitrogens with one attached hydrogen (secondary N) is 2. The molecule has 0 aromatic carbocycles. The van der Waals surface area contributed by atoms with Crippen molar-refractivity contribution in [3.63, 3.8) is 0 Å². The number of halogens is 1. The molecule has 0 spiro atoms. The maximum atomic E-state index is 4.81. The molecule has 1 aliphatic heterocycles. The van der Waals surface area contributed by atoms with Crippen LogP contribution in [0.15, 0.2) is 28.2 Å². The highest BCUT2D eigenvalue weighted by atomic mass is 127. The van der Waals surface area contributed by atoms with Crippen LogP contribution in [-0.4, -0.2) is 38.5 Å². The van der Waals surface area contributed by atoms with Gasteiger partial charge in [0.1, 0.15) is 24.1 Å². The van der Waals surface area contributed by atoms with Crippen LogP contribution < -0.4 is 10.6 Å². The minimum Gasteiger partial charge on any atom is -0.364 e. The number of guanidine groups is 1. The van der Waals surface area contributed by atoms with Crippen molar-refractivity contribution in [2.24, 2.45) is 4.99 Å². The summed E-state index contributed by atoms with van der Waals surface area (Å²) < 4.78 is 6.76. The van der Waals surface area contributed by atoms with Crippen LogP contribution in [0.1, 0.15) is 24.9 Å². The second-order valence-corrected chi connectivity index (χ2v) is 4.92.